The van der Waals surface area contributed by atoms with Crippen LogP contribution in [0.4, 0.5) is 11.5 Å². The number of fused-ring (bicyclic) bond motifs is 1. The minimum absolute atomic E-state index is 0.381. The molecule has 0 unspecified atom stereocenters. The van der Waals surface area contributed by atoms with Gasteiger partial charge in [-0.25, -0.2) is 4.79 Å². The number of nitrogens with zero attached hydrogens (tertiary/aromatic N) is 1. The third-order valence-electron chi connectivity index (χ3n) is 3.49. The van der Waals surface area contributed by atoms with Crippen molar-refractivity contribution in [3.63, 3.8) is 0 Å². The van der Waals surface area contributed by atoms with Gasteiger partial charge in [0, 0.05) is 11.6 Å². The zero-order chi connectivity index (χ0) is 14.8. The van der Waals surface area contributed by atoms with Crippen LogP contribution in [0.25, 0.3) is 0 Å². The Balaban J connectivity index is 1.65. The number of hydrogen-bond donors (Lipinski definition) is 3. The molecule has 1 aliphatic heterocycles. The second kappa shape index (κ2) is 5.65. The first-order chi connectivity index (χ1) is 10.1. The van der Waals surface area contributed by atoms with E-state index in [1.807, 2.05) is 29.2 Å². The van der Waals surface area contributed by atoms with E-state index in [4.69, 9.17) is 11.6 Å². The third-order valence-corrected chi connectivity index (χ3v) is 3.74. The maximum atomic E-state index is 11.6. The molecule has 0 saturated carbocycles. The van der Waals surface area contributed by atoms with Crippen molar-refractivity contribution >= 4 is 23.1 Å². The first kappa shape index (κ1) is 13.8. The topological polar surface area (TPSA) is 81.0 Å². The lowest BCUT2D eigenvalue weighted by Crippen LogP contribution is -2.27. The van der Waals surface area contributed by atoms with Crippen LogP contribution in [-0.4, -0.2) is 23.2 Å². The van der Waals surface area contributed by atoms with Crippen molar-refractivity contribution < 1.29 is 0 Å². The highest BCUT2D eigenvalue weighted by Gasteiger charge is 2.22. The molecule has 0 aliphatic carbocycles. The number of aromatic nitrogens is 2. The molecule has 1 aromatic carbocycles. The molecule has 7 heteroatoms. The van der Waals surface area contributed by atoms with Gasteiger partial charge in [-0.15, -0.1) is 0 Å². The van der Waals surface area contributed by atoms with Gasteiger partial charge < -0.3 is 10.2 Å². The molecule has 0 fully saturated rings. The van der Waals surface area contributed by atoms with E-state index in [0.717, 1.165) is 24.4 Å². The fourth-order valence-electron chi connectivity index (χ4n) is 2.45. The Hall–Kier alpha value is -2.21. The average Bonchev–Trinajstić information content (AvgIpc) is 2.84. The Labute approximate surface area is 125 Å². The minimum Gasteiger partial charge on any atom is -0.360 e. The van der Waals surface area contributed by atoms with Crippen LogP contribution in [0.3, 0.4) is 0 Å². The molecular weight excluding hydrogens is 292 g/mol. The molecule has 6 nitrogen and oxygen atoms in total. The number of nitrogens with one attached hydrogen (secondary N) is 3. The number of aryl methyl sites for hydroxylation is 1. The summed E-state index contributed by atoms with van der Waals surface area (Å²) in [6.07, 6.45) is 1.83. The molecule has 21 heavy (non-hydrogen) atoms. The van der Waals surface area contributed by atoms with Crippen LogP contribution in [-0.2, 0) is 6.42 Å². The molecule has 1 aliphatic rings. The van der Waals surface area contributed by atoms with Gasteiger partial charge in [0.2, 0.25) is 0 Å². The molecule has 3 rings (SSSR count). The van der Waals surface area contributed by atoms with Gasteiger partial charge in [-0.1, -0.05) is 23.7 Å². The summed E-state index contributed by atoms with van der Waals surface area (Å²) in [5.41, 5.74) is 0.784. The van der Waals surface area contributed by atoms with E-state index in [-0.39, 0.29) is 5.56 Å². The highest BCUT2D eigenvalue weighted by atomic mass is 35.5. The summed E-state index contributed by atoms with van der Waals surface area (Å²) in [6, 6.07) is 7.76. The van der Waals surface area contributed by atoms with Crippen molar-refractivity contribution in [2.75, 3.05) is 23.4 Å². The van der Waals surface area contributed by atoms with E-state index in [1.54, 1.807) is 0 Å². The number of H-pyrrole nitrogens is 2. The number of aromatic amines is 2. The Morgan fingerprint density at radius 3 is 2.67 bits per heavy atom. The number of benzene rings is 1. The standard InChI is InChI=1S/C14H15ClN4O2/c15-10-5-3-9(4-6-10)2-1-7-19-8-16-11-12(19)17-14(21)18-13(11)20/h3-6,16H,1-2,7-8H2,(H2,17,18,20,21). The van der Waals surface area contributed by atoms with Crippen LogP contribution in [0.15, 0.2) is 33.9 Å². The Kier molecular flexibility index (Phi) is 3.70. The molecule has 0 bridgehead atoms. The highest BCUT2D eigenvalue weighted by molar-refractivity contribution is 6.30. The van der Waals surface area contributed by atoms with Crippen LogP contribution >= 0.6 is 11.6 Å². The lowest BCUT2D eigenvalue weighted by molar-refractivity contribution is 0.756. The number of hydrogen-bond acceptors (Lipinski definition) is 4. The van der Waals surface area contributed by atoms with Crippen LogP contribution < -0.4 is 21.5 Å². The van der Waals surface area contributed by atoms with Gasteiger partial charge in [-0.3, -0.25) is 14.8 Å². The molecule has 2 aromatic rings. The van der Waals surface area contributed by atoms with E-state index in [1.165, 1.54) is 5.56 Å². The molecule has 2 heterocycles. The molecule has 1 aromatic heterocycles. The predicted molar refractivity (Wildman–Crippen MR) is 83.3 cm³/mol. The van der Waals surface area contributed by atoms with E-state index in [9.17, 15) is 9.59 Å². The Morgan fingerprint density at radius 2 is 1.90 bits per heavy atom. The first-order valence-electron chi connectivity index (χ1n) is 6.73. The summed E-state index contributed by atoms with van der Waals surface area (Å²) in [5, 5.41) is 3.73. The molecular formula is C14H15ClN4O2. The molecule has 0 radical (unpaired) electrons. The quantitative estimate of drug-likeness (QED) is 0.800. The normalized spacial score (nSPS) is 13.1. The summed E-state index contributed by atoms with van der Waals surface area (Å²) in [6.45, 7) is 1.28. The van der Waals surface area contributed by atoms with Gasteiger partial charge in [-0.05, 0) is 30.5 Å². The van der Waals surface area contributed by atoms with Crippen molar-refractivity contribution in [1.82, 2.24) is 9.97 Å². The minimum atomic E-state index is -0.481. The van der Waals surface area contributed by atoms with Crippen LogP contribution in [0.5, 0.6) is 0 Å². The van der Waals surface area contributed by atoms with Crippen molar-refractivity contribution in [3.8, 4) is 0 Å². The second-order valence-corrected chi connectivity index (χ2v) is 5.40. The van der Waals surface area contributed by atoms with Crippen molar-refractivity contribution in [3.05, 3.63) is 55.7 Å². The highest BCUT2D eigenvalue weighted by Crippen LogP contribution is 2.23. The van der Waals surface area contributed by atoms with Gasteiger partial charge >= 0.3 is 5.69 Å². The number of halogens is 1. The van der Waals surface area contributed by atoms with Crippen LogP contribution in [0.1, 0.15) is 12.0 Å². The van der Waals surface area contributed by atoms with Crippen LogP contribution in [0.2, 0.25) is 5.02 Å². The van der Waals surface area contributed by atoms with E-state index >= 15 is 0 Å². The maximum absolute atomic E-state index is 11.6. The smallest absolute Gasteiger partial charge is 0.327 e. The predicted octanol–water partition coefficient (Wildman–Crippen LogP) is 1.54. The SMILES string of the molecule is O=c1[nH]c2c(c(=O)[nH]1)NCN2CCCc1ccc(Cl)cc1. The monoisotopic (exact) mass is 306 g/mol. The van der Waals surface area contributed by atoms with E-state index in [0.29, 0.717) is 18.2 Å². The van der Waals surface area contributed by atoms with Crippen molar-refractivity contribution in [2.24, 2.45) is 0 Å². The Bertz CT molecular complexity index is 751. The third kappa shape index (κ3) is 2.95. The second-order valence-electron chi connectivity index (χ2n) is 4.96. The molecule has 0 atom stereocenters. The zero-order valence-electron chi connectivity index (χ0n) is 11.3. The average molecular weight is 307 g/mol. The summed E-state index contributed by atoms with van der Waals surface area (Å²) in [7, 11) is 0. The maximum Gasteiger partial charge on any atom is 0.327 e. The summed E-state index contributed by atoms with van der Waals surface area (Å²) < 4.78 is 0. The summed E-state index contributed by atoms with van der Waals surface area (Å²) >= 11 is 5.85. The largest absolute Gasteiger partial charge is 0.360 e. The van der Waals surface area contributed by atoms with Crippen molar-refractivity contribution in [2.45, 2.75) is 12.8 Å². The fraction of sp³-hybridized carbons (Fsp3) is 0.286. The molecule has 0 saturated heterocycles. The number of rotatable bonds is 4. The number of anilines is 2. The Morgan fingerprint density at radius 1 is 1.14 bits per heavy atom. The van der Waals surface area contributed by atoms with Gasteiger partial charge in [0.05, 0.1) is 6.67 Å². The molecule has 0 spiro atoms. The molecule has 110 valence electrons. The lowest BCUT2D eigenvalue weighted by atomic mass is 10.1. The van der Waals surface area contributed by atoms with E-state index < -0.39 is 5.69 Å². The van der Waals surface area contributed by atoms with Gasteiger partial charge in [0.15, 0.2) is 0 Å². The summed E-state index contributed by atoms with van der Waals surface area (Å²) in [4.78, 5) is 29.8. The van der Waals surface area contributed by atoms with Gasteiger partial charge in [-0.2, -0.15) is 0 Å². The molecule has 0 amide bonds. The summed E-state index contributed by atoms with van der Waals surface area (Å²) in [5.74, 6) is 0.569. The van der Waals surface area contributed by atoms with Crippen LogP contribution in [0, 0.1) is 0 Å². The van der Waals surface area contributed by atoms with Crippen molar-refractivity contribution in [1.29, 1.82) is 0 Å². The van der Waals surface area contributed by atoms with Gasteiger partial charge in [0.1, 0.15) is 11.5 Å². The van der Waals surface area contributed by atoms with E-state index in [2.05, 4.69) is 15.3 Å². The molecule has 3 N–H and O–H groups in total. The lowest BCUT2D eigenvalue weighted by Gasteiger charge is -2.16. The van der Waals surface area contributed by atoms with Gasteiger partial charge in [0.25, 0.3) is 5.56 Å². The zero-order valence-corrected chi connectivity index (χ0v) is 12.0. The fourth-order valence-corrected chi connectivity index (χ4v) is 2.57. The first-order valence-corrected chi connectivity index (χ1v) is 7.11.